The molecular formula is C23H29NO9. The fraction of sp³-hybridized carbons (Fsp3) is 0.478. The fourth-order valence-corrected chi connectivity index (χ4v) is 4.05. The van der Waals surface area contributed by atoms with Crippen molar-refractivity contribution in [1.29, 1.82) is 0 Å². The first-order chi connectivity index (χ1) is 15.7. The molecule has 1 aromatic rings. The van der Waals surface area contributed by atoms with Gasteiger partial charge in [0.2, 0.25) is 6.29 Å². The number of carbonyl (C=O) groups is 2. The standard InChI is InChI=1S/C23H29NO9/c1-23(22(30)31-3)10-13(12-7-5-4-6-8-12)9-14(20(29)24-2)19(23)33-21-18(28)17(27)16(26)15(11-25)32-21/h4-9,15-18,21,25-28H,10-11H2,1-3H3,(H,24,29)/t15-,16-,17+,18+,21-,23?/m1/s1. The van der Waals surface area contributed by atoms with Gasteiger partial charge in [-0.3, -0.25) is 9.59 Å². The monoisotopic (exact) mass is 463 g/mol. The lowest BCUT2D eigenvalue weighted by atomic mass is 9.74. The average molecular weight is 463 g/mol. The summed E-state index contributed by atoms with van der Waals surface area (Å²) >= 11 is 0. The molecule has 0 spiro atoms. The van der Waals surface area contributed by atoms with Crippen molar-refractivity contribution in [2.45, 2.75) is 44.1 Å². The predicted octanol–water partition coefficient (Wildman–Crippen LogP) is -0.530. The lowest BCUT2D eigenvalue weighted by Crippen LogP contribution is -2.59. The highest BCUT2D eigenvalue weighted by atomic mass is 16.7. The number of benzene rings is 1. The smallest absolute Gasteiger partial charge is 0.319 e. The summed E-state index contributed by atoms with van der Waals surface area (Å²) in [6, 6.07) is 9.18. The zero-order valence-electron chi connectivity index (χ0n) is 18.6. The van der Waals surface area contributed by atoms with Crippen molar-refractivity contribution in [1.82, 2.24) is 5.32 Å². The minimum Gasteiger partial charge on any atom is -0.468 e. The summed E-state index contributed by atoms with van der Waals surface area (Å²) in [5.74, 6) is -1.37. The van der Waals surface area contributed by atoms with Gasteiger partial charge in [0.1, 0.15) is 35.6 Å². The van der Waals surface area contributed by atoms with Crippen LogP contribution in [0.4, 0.5) is 0 Å². The van der Waals surface area contributed by atoms with Gasteiger partial charge in [0.15, 0.2) is 0 Å². The Labute approximate surface area is 191 Å². The molecule has 6 atom stereocenters. The summed E-state index contributed by atoms with van der Waals surface area (Å²) in [5.41, 5.74) is -0.00775. The van der Waals surface area contributed by atoms with Crippen LogP contribution in [0.3, 0.4) is 0 Å². The van der Waals surface area contributed by atoms with Gasteiger partial charge in [0, 0.05) is 7.05 Å². The van der Waals surface area contributed by atoms with Crippen LogP contribution in [0.2, 0.25) is 0 Å². The van der Waals surface area contributed by atoms with Gasteiger partial charge in [-0.2, -0.15) is 0 Å². The summed E-state index contributed by atoms with van der Waals surface area (Å²) in [6.07, 6.45) is -6.10. The molecule has 1 aromatic carbocycles. The molecule has 1 fully saturated rings. The van der Waals surface area contributed by atoms with Crippen LogP contribution in [-0.4, -0.2) is 83.8 Å². The largest absolute Gasteiger partial charge is 0.468 e. The minimum atomic E-state index is -1.72. The molecule has 2 aliphatic rings. The summed E-state index contributed by atoms with van der Waals surface area (Å²) in [6.45, 7) is 0.884. The average Bonchev–Trinajstić information content (AvgIpc) is 2.84. The van der Waals surface area contributed by atoms with E-state index < -0.39 is 54.6 Å². The number of hydrogen-bond donors (Lipinski definition) is 5. The number of aliphatic hydroxyl groups is 4. The highest BCUT2D eigenvalue weighted by Crippen LogP contribution is 2.46. The molecule has 10 nitrogen and oxygen atoms in total. The molecule has 1 unspecified atom stereocenters. The van der Waals surface area contributed by atoms with E-state index in [2.05, 4.69) is 5.32 Å². The van der Waals surface area contributed by atoms with Crippen molar-refractivity contribution >= 4 is 17.4 Å². The molecule has 0 saturated carbocycles. The molecule has 3 rings (SSSR count). The Bertz CT molecular complexity index is 943. The molecule has 1 aliphatic carbocycles. The van der Waals surface area contributed by atoms with E-state index in [4.69, 9.17) is 14.2 Å². The molecule has 0 radical (unpaired) electrons. The van der Waals surface area contributed by atoms with Crippen molar-refractivity contribution in [3.05, 3.63) is 53.3 Å². The van der Waals surface area contributed by atoms with Crippen LogP contribution in [0.25, 0.3) is 5.57 Å². The number of nitrogens with one attached hydrogen (secondary N) is 1. The summed E-state index contributed by atoms with van der Waals surface area (Å²) in [4.78, 5) is 25.8. The molecule has 1 saturated heterocycles. The third-order valence-electron chi connectivity index (χ3n) is 5.94. The predicted molar refractivity (Wildman–Crippen MR) is 115 cm³/mol. The van der Waals surface area contributed by atoms with E-state index >= 15 is 0 Å². The van der Waals surface area contributed by atoms with Crippen LogP contribution in [-0.2, 0) is 23.8 Å². The quantitative estimate of drug-likeness (QED) is 0.350. The Morgan fingerprint density at radius 2 is 1.82 bits per heavy atom. The summed E-state index contributed by atoms with van der Waals surface area (Å²) < 4.78 is 16.3. The topological polar surface area (TPSA) is 155 Å². The second-order valence-corrected chi connectivity index (χ2v) is 8.17. The molecule has 180 valence electrons. The first kappa shape index (κ1) is 24.9. The molecule has 33 heavy (non-hydrogen) atoms. The molecule has 0 bridgehead atoms. The van der Waals surface area contributed by atoms with Gasteiger partial charge in [-0.05, 0) is 30.6 Å². The number of esters is 1. The molecule has 1 aliphatic heterocycles. The van der Waals surface area contributed by atoms with Crippen LogP contribution in [0, 0.1) is 5.41 Å². The van der Waals surface area contributed by atoms with Crippen molar-refractivity contribution in [3.8, 4) is 0 Å². The first-order valence-electron chi connectivity index (χ1n) is 10.5. The van der Waals surface area contributed by atoms with Gasteiger partial charge in [0.25, 0.3) is 5.91 Å². The van der Waals surface area contributed by atoms with Crippen LogP contribution in [0.5, 0.6) is 0 Å². The zero-order chi connectivity index (χ0) is 24.3. The summed E-state index contributed by atoms with van der Waals surface area (Å²) in [5, 5.41) is 42.6. The summed E-state index contributed by atoms with van der Waals surface area (Å²) in [7, 11) is 2.63. The number of methoxy groups -OCH3 is 1. The van der Waals surface area contributed by atoms with E-state index in [0.717, 1.165) is 5.56 Å². The second-order valence-electron chi connectivity index (χ2n) is 8.17. The minimum absolute atomic E-state index is 0.00691. The van der Waals surface area contributed by atoms with Crippen LogP contribution < -0.4 is 5.32 Å². The van der Waals surface area contributed by atoms with Crippen LogP contribution in [0.15, 0.2) is 47.7 Å². The maximum atomic E-state index is 13.0. The van der Waals surface area contributed by atoms with E-state index in [0.29, 0.717) is 5.57 Å². The van der Waals surface area contributed by atoms with Gasteiger partial charge in [-0.1, -0.05) is 30.3 Å². The van der Waals surface area contributed by atoms with E-state index in [1.807, 2.05) is 30.3 Å². The maximum absolute atomic E-state index is 13.0. The van der Waals surface area contributed by atoms with Crippen molar-refractivity contribution in [2.75, 3.05) is 20.8 Å². The first-order valence-corrected chi connectivity index (χ1v) is 10.5. The van der Waals surface area contributed by atoms with E-state index in [9.17, 15) is 30.0 Å². The van der Waals surface area contributed by atoms with Crippen LogP contribution >= 0.6 is 0 Å². The third-order valence-corrected chi connectivity index (χ3v) is 5.94. The number of amides is 1. The SMILES string of the molecule is CNC(=O)C1=C(O[C@H]2O[C@H](CO)[C@@H](O)[C@H](O)[C@@H]2O)C(C)(C(=O)OC)CC(c2ccccc2)=C1. The Hall–Kier alpha value is -2.76. The lowest BCUT2D eigenvalue weighted by molar-refractivity contribution is -0.294. The van der Waals surface area contributed by atoms with Gasteiger partial charge in [0.05, 0.1) is 19.3 Å². The van der Waals surface area contributed by atoms with Crippen LogP contribution in [0.1, 0.15) is 18.9 Å². The van der Waals surface area contributed by atoms with Gasteiger partial charge < -0.3 is 40.0 Å². The Morgan fingerprint density at radius 1 is 1.15 bits per heavy atom. The number of likely N-dealkylation sites (N-methyl/N-ethyl adjacent to an activating group) is 1. The Balaban J connectivity index is 2.13. The van der Waals surface area contributed by atoms with Gasteiger partial charge >= 0.3 is 5.97 Å². The molecule has 1 heterocycles. The third kappa shape index (κ3) is 4.66. The van der Waals surface area contributed by atoms with E-state index in [1.165, 1.54) is 21.1 Å². The number of allylic oxidation sites excluding steroid dienone is 1. The van der Waals surface area contributed by atoms with Crippen molar-refractivity contribution in [3.63, 3.8) is 0 Å². The zero-order valence-corrected chi connectivity index (χ0v) is 18.6. The molecular weight excluding hydrogens is 434 g/mol. The molecule has 0 aromatic heterocycles. The molecule has 1 amide bonds. The normalized spacial score (nSPS) is 32.1. The van der Waals surface area contributed by atoms with Crippen molar-refractivity contribution in [2.24, 2.45) is 5.41 Å². The van der Waals surface area contributed by atoms with E-state index in [-0.39, 0.29) is 17.8 Å². The highest BCUT2D eigenvalue weighted by molar-refractivity contribution is 6.01. The number of rotatable bonds is 6. The number of aliphatic hydroxyl groups excluding tert-OH is 4. The molecule has 5 N–H and O–H groups in total. The van der Waals surface area contributed by atoms with Crippen molar-refractivity contribution < 1.29 is 44.2 Å². The van der Waals surface area contributed by atoms with E-state index in [1.54, 1.807) is 6.08 Å². The Kier molecular flexibility index (Phi) is 7.55. The second kappa shape index (κ2) is 10.0. The Morgan fingerprint density at radius 3 is 2.39 bits per heavy atom. The number of carbonyl (C=O) groups excluding carboxylic acids is 2. The maximum Gasteiger partial charge on any atom is 0.319 e. The fourth-order valence-electron chi connectivity index (χ4n) is 4.05. The van der Waals surface area contributed by atoms with Gasteiger partial charge in [-0.25, -0.2) is 0 Å². The number of hydrogen-bond acceptors (Lipinski definition) is 9. The molecule has 10 heteroatoms. The lowest BCUT2D eigenvalue weighted by Gasteiger charge is -2.42. The van der Waals surface area contributed by atoms with Gasteiger partial charge in [-0.15, -0.1) is 0 Å². The highest BCUT2D eigenvalue weighted by Gasteiger charge is 2.50. The number of ether oxygens (including phenoxy) is 3.